The highest BCUT2D eigenvalue weighted by atomic mass is 16.6. The Morgan fingerprint density at radius 2 is 2.00 bits per heavy atom. The molecule has 19 heavy (non-hydrogen) atoms. The van der Waals surface area contributed by atoms with Crippen molar-refractivity contribution < 1.29 is 4.92 Å². The van der Waals surface area contributed by atoms with E-state index in [-0.39, 0.29) is 17.1 Å². The molecule has 1 unspecified atom stereocenters. The number of nitro groups is 1. The van der Waals surface area contributed by atoms with Gasteiger partial charge in [-0.05, 0) is 18.4 Å². The predicted molar refractivity (Wildman–Crippen MR) is 77.8 cm³/mol. The normalized spacial score (nSPS) is 12.9. The molecule has 0 aliphatic rings. The lowest BCUT2D eigenvalue weighted by molar-refractivity contribution is -0.384. The van der Waals surface area contributed by atoms with Crippen molar-refractivity contribution in [2.75, 3.05) is 24.3 Å². The molecule has 1 aromatic rings. The first-order valence-corrected chi connectivity index (χ1v) is 6.24. The van der Waals surface area contributed by atoms with E-state index in [1.54, 1.807) is 13.1 Å². The number of pyridine rings is 1. The molecule has 0 fully saturated rings. The zero-order valence-corrected chi connectivity index (χ0v) is 12.4. The smallest absolute Gasteiger partial charge is 0.311 e. The second kappa shape index (κ2) is 5.42. The fourth-order valence-electron chi connectivity index (χ4n) is 1.75. The molecule has 1 heterocycles. The van der Waals surface area contributed by atoms with Crippen molar-refractivity contribution in [2.24, 2.45) is 5.41 Å². The third kappa shape index (κ3) is 3.33. The summed E-state index contributed by atoms with van der Waals surface area (Å²) >= 11 is 0. The molecule has 1 N–H and O–H groups in total. The van der Waals surface area contributed by atoms with E-state index in [4.69, 9.17) is 0 Å². The maximum Gasteiger partial charge on any atom is 0.311 e. The average molecular weight is 266 g/mol. The first kappa shape index (κ1) is 15.2. The van der Waals surface area contributed by atoms with Crippen molar-refractivity contribution in [3.8, 4) is 0 Å². The van der Waals surface area contributed by atoms with E-state index in [1.165, 1.54) is 6.07 Å². The molecular formula is C13H22N4O2. The van der Waals surface area contributed by atoms with E-state index in [0.29, 0.717) is 11.6 Å². The Morgan fingerprint density at radius 1 is 1.42 bits per heavy atom. The molecule has 0 radical (unpaired) electrons. The molecule has 1 atom stereocenters. The molecule has 0 aliphatic heterocycles. The highest BCUT2D eigenvalue weighted by Gasteiger charge is 2.29. The van der Waals surface area contributed by atoms with Crippen molar-refractivity contribution in [3.63, 3.8) is 0 Å². The predicted octanol–water partition coefficient (Wildman–Crippen LogP) is 2.90. The van der Waals surface area contributed by atoms with Crippen LogP contribution in [0.25, 0.3) is 0 Å². The minimum atomic E-state index is -0.395. The van der Waals surface area contributed by atoms with Crippen LogP contribution in [0.1, 0.15) is 27.7 Å². The third-order valence-corrected chi connectivity index (χ3v) is 3.48. The minimum Gasteiger partial charge on any atom is -0.373 e. The summed E-state index contributed by atoms with van der Waals surface area (Å²) in [5.74, 6) is 1.01. The molecule has 1 rings (SSSR count). The molecule has 1 aromatic heterocycles. The van der Waals surface area contributed by atoms with E-state index >= 15 is 0 Å². The van der Waals surface area contributed by atoms with Crippen LogP contribution in [0, 0.1) is 15.5 Å². The van der Waals surface area contributed by atoms with Gasteiger partial charge >= 0.3 is 5.69 Å². The third-order valence-electron chi connectivity index (χ3n) is 3.48. The van der Waals surface area contributed by atoms with Gasteiger partial charge in [-0.3, -0.25) is 10.1 Å². The van der Waals surface area contributed by atoms with E-state index in [0.717, 1.165) is 0 Å². The largest absolute Gasteiger partial charge is 0.373 e. The van der Waals surface area contributed by atoms with Crippen LogP contribution >= 0.6 is 0 Å². The van der Waals surface area contributed by atoms with Crippen LogP contribution in [0.2, 0.25) is 0 Å². The summed E-state index contributed by atoms with van der Waals surface area (Å²) < 4.78 is 0. The van der Waals surface area contributed by atoms with E-state index < -0.39 is 4.92 Å². The Labute approximate surface area is 114 Å². The van der Waals surface area contributed by atoms with Crippen LogP contribution in [0.4, 0.5) is 17.3 Å². The van der Waals surface area contributed by atoms with Gasteiger partial charge in [-0.25, -0.2) is 4.98 Å². The highest BCUT2D eigenvalue weighted by Crippen LogP contribution is 2.32. The Balaban J connectivity index is 3.26. The topological polar surface area (TPSA) is 71.3 Å². The first-order valence-electron chi connectivity index (χ1n) is 6.24. The first-order chi connectivity index (χ1) is 8.68. The van der Waals surface area contributed by atoms with Gasteiger partial charge in [0.05, 0.1) is 4.92 Å². The van der Waals surface area contributed by atoms with Crippen LogP contribution in [-0.2, 0) is 0 Å². The van der Waals surface area contributed by atoms with E-state index in [1.807, 2.05) is 18.9 Å². The molecule has 0 amide bonds. The number of hydrogen-bond donors (Lipinski definition) is 1. The minimum absolute atomic E-state index is 0.0000530. The quantitative estimate of drug-likeness (QED) is 0.670. The summed E-state index contributed by atoms with van der Waals surface area (Å²) in [5.41, 5.74) is 0.0255. The Hall–Kier alpha value is -1.85. The van der Waals surface area contributed by atoms with Gasteiger partial charge in [0.1, 0.15) is 5.82 Å². The van der Waals surface area contributed by atoms with Crippen molar-refractivity contribution in [2.45, 2.75) is 33.7 Å². The zero-order valence-electron chi connectivity index (χ0n) is 12.4. The Kier molecular flexibility index (Phi) is 4.34. The van der Waals surface area contributed by atoms with Gasteiger partial charge in [0.2, 0.25) is 5.82 Å². The summed E-state index contributed by atoms with van der Waals surface area (Å²) in [6.45, 7) is 8.34. The molecule has 0 aromatic carbocycles. The summed E-state index contributed by atoms with van der Waals surface area (Å²) in [6, 6.07) is 3.21. The Bertz CT molecular complexity index is 468. The summed E-state index contributed by atoms with van der Waals surface area (Å²) in [7, 11) is 3.58. The van der Waals surface area contributed by atoms with Crippen LogP contribution in [0.5, 0.6) is 0 Å². The molecule has 0 saturated heterocycles. The maximum atomic E-state index is 11.1. The molecule has 0 spiro atoms. The SMILES string of the molecule is CNc1ccc([N+](=O)[O-])c(N(C)C(C)C(C)(C)C)n1. The van der Waals surface area contributed by atoms with Gasteiger partial charge in [0.15, 0.2) is 0 Å². The lowest BCUT2D eigenvalue weighted by atomic mass is 9.87. The van der Waals surface area contributed by atoms with Crippen molar-refractivity contribution in [1.82, 2.24) is 4.98 Å². The molecule has 6 nitrogen and oxygen atoms in total. The average Bonchev–Trinajstić information content (AvgIpc) is 2.34. The number of aromatic nitrogens is 1. The van der Waals surface area contributed by atoms with Crippen LogP contribution < -0.4 is 10.2 Å². The molecule has 6 heteroatoms. The van der Waals surface area contributed by atoms with Crippen molar-refractivity contribution in [1.29, 1.82) is 0 Å². The second-order valence-corrected chi connectivity index (χ2v) is 5.70. The number of anilines is 2. The van der Waals surface area contributed by atoms with Gasteiger partial charge in [-0.2, -0.15) is 0 Å². The monoisotopic (exact) mass is 266 g/mol. The van der Waals surface area contributed by atoms with Gasteiger partial charge in [0.25, 0.3) is 0 Å². The number of nitrogens with one attached hydrogen (secondary N) is 1. The van der Waals surface area contributed by atoms with E-state index in [2.05, 4.69) is 31.1 Å². The lowest BCUT2D eigenvalue weighted by Crippen LogP contribution is -2.40. The van der Waals surface area contributed by atoms with Gasteiger partial charge in [0, 0.05) is 26.2 Å². The summed E-state index contributed by atoms with van der Waals surface area (Å²) in [6.07, 6.45) is 0. The standard InChI is InChI=1S/C13H22N4O2/c1-9(13(2,3)4)16(6)12-10(17(18)19)7-8-11(14-5)15-12/h7-9H,1-6H3,(H,14,15). The molecule has 0 aliphatic carbocycles. The van der Waals surface area contributed by atoms with Crippen LogP contribution in [0.3, 0.4) is 0 Å². The van der Waals surface area contributed by atoms with Crippen LogP contribution in [-0.4, -0.2) is 30.0 Å². The second-order valence-electron chi connectivity index (χ2n) is 5.70. The lowest BCUT2D eigenvalue weighted by Gasteiger charge is -2.35. The fraction of sp³-hybridized carbons (Fsp3) is 0.615. The fourth-order valence-corrected chi connectivity index (χ4v) is 1.75. The Morgan fingerprint density at radius 3 is 2.42 bits per heavy atom. The molecule has 106 valence electrons. The van der Waals surface area contributed by atoms with Gasteiger partial charge in [-0.1, -0.05) is 20.8 Å². The molecule has 0 saturated carbocycles. The number of hydrogen-bond acceptors (Lipinski definition) is 5. The maximum absolute atomic E-state index is 11.1. The zero-order chi connectivity index (χ0) is 14.8. The summed E-state index contributed by atoms with van der Waals surface area (Å²) in [4.78, 5) is 16.9. The van der Waals surface area contributed by atoms with E-state index in [9.17, 15) is 10.1 Å². The van der Waals surface area contributed by atoms with Crippen LogP contribution in [0.15, 0.2) is 12.1 Å². The van der Waals surface area contributed by atoms with Crippen molar-refractivity contribution in [3.05, 3.63) is 22.2 Å². The highest BCUT2D eigenvalue weighted by molar-refractivity contribution is 5.62. The number of rotatable bonds is 4. The molecule has 0 bridgehead atoms. The van der Waals surface area contributed by atoms with Gasteiger partial charge in [-0.15, -0.1) is 0 Å². The molecular weight excluding hydrogens is 244 g/mol. The summed E-state index contributed by atoms with van der Waals surface area (Å²) in [5, 5.41) is 14.0. The van der Waals surface area contributed by atoms with Gasteiger partial charge < -0.3 is 10.2 Å². The number of nitrogens with zero attached hydrogens (tertiary/aromatic N) is 3. The van der Waals surface area contributed by atoms with Crippen molar-refractivity contribution >= 4 is 17.3 Å².